The molecule has 0 radical (unpaired) electrons. The second-order valence-corrected chi connectivity index (χ2v) is 33.0. The van der Waals surface area contributed by atoms with Crippen molar-refractivity contribution in [2.24, 2.45) is 5.92 Å². The predicted octanol–water partition coefficient (Wildman–Crippen LogP) is 25.2. The monoisotopic (exact) mass is 1490 g/mol. The third-order valence-corrected chi connectivity index (χ3v) is 21.8. The molecule has 606 valence electrons. The molecule has 0 heterocycles. The number of carbonyl (C=O) groups excluding carboxylic acids is 4. The third-order valence-electron chi connectivity index (χ3n) is 19.9. The first-order valence-electron chi connectivity index (χ1n) is 43.2. The first-order chi connectivity index (χ1) is 49.6. The predicted molar refractivity (Wildman–Crippen MR) is 418 cm³/mol. The van der Waals surface area contributed by atoms with Crippen LogP contribution in [0.1, 0.15) is 446 Å². The Bertz CT molecular complexity index is 1950. The van der Waals surface area contributed by atoms with E-state index in [0.29, 0.717) is 25.7 Å². The normalized spacial score (nSPS) is 14.1. The molecule has 6 atom stereocenters. The molecule has 0 aliphatic rings. The molecule has 0 bridgehead atoms. The van der Waals surface area contributed by atoms with Crippen LogP contribution in [-0.2, 0) is 65.4 Å². The van der Waals surface area contributed by atoms with Crippen LogP contribution < -0.4 is 0 Å². The summed E-state index contributed by atoms with van der Waals surface area (Å²) in [6, 6.07) is 0. The molecular formula is C83H162O17P2. The highest BCUT2D eigenvalue weighted by Crippen LogP contribution is 2.45. The molecule has 0 rings (SSSR count). The second kappa shape index (κ2) is 75.9. The van der Waals surface area contributed by atoms with Crippen molar-refractivity contribution in [1.29, 1.82) is 0 Å². The Labute approximate surface area is 626 Å². The van der Waals surface area contributed by atoms with E-state index in [-0.39, 0.29) is 25.7 Å². The van der Waals surface area contributed by atoms with E-state index in [0.717, 1.165) is 95.8 Å². The lowest BCUT2D eigenvalue weighted by atomic mass is 9.99. The molecule has 17 nitrogen and oxygen atoms in total. The first-order valence-corrected chi connectivity index (χ1v) is 46.2. The van der Waals surface area contributed by atoms with Crippen molar-refractivity contribution >= 4 is 39.5 Å². The molecule has 102 heavy (non-hydrogen) atoms. The van der Waals surface area contributed by atoms with Gasteiger partial charge in [0.1, 0.15) is 19.3 Å². The minimum absolute atomic E-state index is 0.106. The van der Waals surface area contributed by atoms with Gasteiger partial charge in [0.05, 0.1) is 26.4 Å². The molecule has 19 heteroatoms. The van der Waals surface area contributed by atoms with E-state index in [1.165, 1.54) is 270 Å². The average Bonchev–Trinajstić information content (AvgIpc) is 0.952. The van der Waals surface area contributed by atoms with Crippen LogP contribution >= 0.6 is 15.6 Å². The summed E-state index contributed by atoms with van der Waals surface area (Å²) in [7, 11) is -9.92. The zero-order chi connectivity index (χ0) is 74.8. The molecule has 0 aliphatic carbocycles. The second-order valence-electron chi connectivity index (χ2n) is 30.1. The zero-order valence-electron chi connectivity index (χ0n) is 66.8. The van der Waals surface area contributed by atoms with Gasteiger partial charge in [0.25, 0.3) is 0 Å². The molecule has 0 saturated carbocycles. The van der Waals surface area contributed by atoms with Gasteiger partial charge in [-0.15, -0.1) is 0 Å². The highest BCUT2D eigenvalue weighted by molar-refractivity contribution is 7.47. The van der Waals surface area contributed by atoms with E-state index in [1.54, 1.807) is 0 Å². The third kappa shape index (κ3) is 74.9. The minimum Gasteiger partial charge on any atom is -0.462 e. The highest BCUT2D eigenvalue weighted by Gasteiger charge is 2.30. The Morgan fingerprint density at radius 1 is 0.275 bits per heavy atom. The molecule has 0 aromatic heterocycles. The minimum atomic E-state index is -4.96. The summed E-state index contributed by atoms with van der Waals surface area (Å²) < 4.78 is 68.7. The van der Waals surface area contributed by atoms with Gasteiger partial charge in [-0.3, -0.25) is 37.3 Å². The van der Waals surface area contributed by atoms with Gasteiger partial charge in [-0.25, -0.2) is 9.13 Å². The number of phosphoric ester groups is 2. The van der Waals surface area contributed by atoms with Gasteiger partial charge in [0.2, 0.25) is 0 Å². The van der Waals surface area contributed by atoms with Crippen LogP contribution in [0.5, 0.6) is 0 Å². The number of phosphoric acid groups is 2. The maximum atomic E-state index is 13.1. The fourth-order valence-electron chi connectivity index (χ4n) is 12.9. The lowest BCUT2D eigenvalue weighted by Crippen LogP contribution is -2.30. The molecule has 0 amide bonds. The fourth-order valence-corrected chi connectivity index (χ4v) is 14.5. The van der Waals surface area contributed by atoms with Crippen molar-refractivity contribution in [1.82, 2.24) is 0 Å². The summed E-state index contributed by atoms with van der Waals surface area (Å²) in [6.45, 7) is 7.32. The summed E-state index contributed by atoms with van der Waals surface area (Å²) in [5.41, 5.74) is 0. The fraction of sp³-hybridized carbons (Fsp3) is 0.952. The first kappa shape index (κ1) is 100. The van der Waals surface area contributed by atoms with Crippen LogP contribution in [0.4, 0.5) is 0 Å². The number of hydrogen-bond acceptors (Lipinski definition) is 15. The lowest BCUT2D eigenvalue weighted by Gasteiger charge is -2.21. The van der Waals surface area contributed by atoms with E-state index < -0.39 is 97.5 Å². The maximum Gasteiger partial charge on any atom is 0.472 e. The van der Waals surface area contributed by atoms with Crippen molar-refractivity contribution in [3.8, 4) is 0 Å². The van der Waals surface area contributed by atoms with Crippen molar-refractivity contribution in [2.45, 2.75) is 464 Å². The highest BCUT2D eigenvalue weighted by atomic mass is 31.2. The van der Waals surface area contributed by atoms with Crippen LogP contribution in [0.2, 0.25) is 0 Å². The van der Waals surface area contributed by atoms with Gasteiger partial charge in [-0.05, 0) is 31.6 Å². The number of unbranched alkanes of at least 4 members (excludes halogenated alkanes) is 54. The molecule has 0 fully saturated rings. The summed E-state index contributed by atoms with van der Waals surface area (Å²) in [5.74, 6) is -1.34. The van der Waals surface area contributed by atoms with Crippen LogP contribution in [-0.4, -0.2) is 96.7 Å². The largest absolute Gasteiger partial charge is 0.472 e. The van der Waals surface area contributed by atoms with E-state index in [1.807, 2.05) is 0 Å². The number of esters is 4. The van der Waals surface area contributed by atoms with Gasteiger partial charge in [0, 0.05) is 25.7 Å². The zero-order valence-corrected chi connectivity index (χ0v) is 68.5. The summed E-state index contributed by atoms with van der Waals surface area (Å²) >= 11 is 0. The Kier molecular flexibility index (Phi) is 74.4. The van der Waals surface area contributed by atoms with E-state index >= 15 is 0 Å². The van der Waals surface area contributed by atoms with Crippen molar-refractivity contribution in [3.63, 3.8) is 0 Å². The lowest BCUT2D eigenvalue weighted by molar-refractivity contribution is -0.161. The molecule has 0 saturated heterocycles. The molecule has 0 spiro atoms. The van der Waals surface area contributed by atoms with Gasteiger partial charge in [0.15, 0.2) is 12.2 Å². The maximum absolute atomic E-state index is 13.1. The van der Waals surface area contributed by atoms with Crippen LogP contribution in [0.15, 0.2) is 0 Å². The molecule has 0 aromatic rings. The standard InChI is InChI=1S/C83H162O17P2/c1-6-10-13-16-19-22-25-27-29-31-33-34-35-36-38-40-42-44-47-53-58-63-68-82(87)99-78(72-94-81(86)67-62-57-52-46-43-41-39-37-32-30-28-26-23-20-17-14-11-7-2)74-97-101(89,90)95-70-77(84)71-96-102(91,92)98-75-79(73-93-80(85)66-61-56-51-45-24-21-18-15-12-8-3)100-83(88)69-64-59-54-49-48-50-55-60-65-76(5)9-4/h76-79,84H,6-75H2,1-5H3,(H,89,90)(H,91,92)/t76?,77-,78-,79-/m1/s1. The molecular weight excluding hydrogens is 1330 g/mol. The van der Waals surface area contributed by atoms with Crippen molar-refractivity contribution in [2.75, 3.05) is 39.6 Å². The van der Waals surface area contributed by atoms with Gasteiger partial charge >= 0.3 is 39.5 Å². The average molecular weight is 1490 g/mol. The number of carbonyl (C=O) groups is 4. The summed E-state index contributed by atoms with van der Waals surface area (Å²) in [6.07, 6.45) is 68.1. The van der Waals surface area contributed by atoms with Crippen LogP contribution in [0.25, 0.3) is 0 Å². The van der Waals surface area contributed by atoms with Gasteiger partial charge in [-0.2, -0.15) is 0 Å². The Morgan fingerprint density at radius 3 is 0.696 bits per heavy atom. The van der Waals surface area contributed by atoms with Crippen molar-refractivity contribution in [3.05, 3.63) is 0 Å². The van der Waals surface area contributed by atoms with E-state index in [2.05, 4.69) is 34.6 Å². The molecule has 0 aliphatic heterocycles. The molecule has 0 aromatic carbocycles. The number of hydrogen-bond donors (Lipinski definition) is 3. The number of aliphatic hydroxyl groups excluding tert-OH is 1. The summed E-state index contributed by atoms with van der Waals surface area (Å²) in [4.78, 5) is 73.0. The Hall–Kier alpha value is -1.94. The Balaban J connectivity index is 5.20. The van der Waals surface area contributed by atoms with E-state index in [4.69, 9.17) is 37.0 Å². The topological polar surface area (TPSA) is 237 Å². The van der Waals surface area contributed by atoms with Gasteiger partial charge in [-0.1, -0.05) is 394 Å². The van der Waals surface area contributed by atoms with Crippen molar-refractivity contribution < 1.29 is 80.2 Å². The van der Waals surface area contributed by atoms with Gasteiger partial charge < -0.3 is 33.8 Å². The number of aliphatic hydroxyl groups is 1. The summed E-state index contributed by atoms with van der Waals surface area (Å²) in [5, 5.41) is 10.6. The van der Waals surface area contributed by atoms with E-state index in [9.17, 15) is 43.2 Å². The quantitative estimate of drug-likeness (QED) is 0.0222. The molecule has 3 unspecified atom stereocenters. The number of rotatable bonds is 83. The Morgan fingerprint density at radius 2 is 0.471 bits per heavy atom. The smallest absolute Gasteiger partial charge is 0.462 e. The molecule has 3 N–H and O–H groups in total. The van der Waals surface area contributed by atoms with Crippen LogP contribution in [0, 0.1) is 5.92 Å². The number of ether oxygens (including phenoxy) is 4. The SMILES string of the molecule is CCCCCCCCCCCCCCCCCCCCCCCCC(=O)O[C@H](COC(=O)CCCCCCCCCCCCCCCCCCCC)COP(=O)(O)OC[C@@H](O)COP(=O)(O)OC[C@@H](COC(=O)CCCCCCCCCCCC)OC(=O)CCCCCCCCCCC(C)CC. The van der Waals surface area contributed by atoms with Crippen LogP contribution in [0.3, 0.4) is 0 Å².